The highest BCUT2D eigenvalue weighted by atomic mass is 79.9. The van der Waals surface area contributed by atoms with Crippen molar-refractivity contribution in [3.63, 3.8) is 0 Å². The number of pyridine rings is 2. The van der Waals surface area contributed by atoms with Crippen molar-refractivity contribution in [2.24, 2.45) is 5.92 Å². The number of hydrogen-bond donors (Lipinski definition) is 0. The van der Waals surface area contributed by atoms with E-state index in [1.165, 1.54) is 0 Å². The lowest BCUT2D eigenvalue weighted by Crippen LogP contribution is -2.50. The van der Waals surface area contributed by atoms with Gasteiger partial charge in [0.05, 0.1) is 16.6 Å². The zero-order valence-electron chi connectivity index (χ0n) is 13.6. The lowest BCUT2D eigenvalue weighted by atomic mass is 9.92. The molecule has 4 heterocycles. The van der Waals surface area contributed by atoms with Crippen molar-refractivity contribution < 1.29 is 4.79 Å². The number of aromatic nitrogens is 2. The van der Waals surface area contributed by atoms with Gasteiger partial charge in [-0.3, -0.25) is 9.78 Å². The van der Waals surface area contributed by atoms with Crippen LogP contribution in [-0.2, 0) is 0 Å². The van der Waals surface area contributed by atoms with E-state index >= 15 is 0 Å². The zero-order valence-corrected chi connectivity index (χ0v) is 15.9. The van der Waals surface area contributed by atoms with E-state index in [9.17, 15) is 4.79 Å². The van der Waals surface area contributed by atoms with Gasteiger partial charge >= 0.3 is 0 Å². The fourth-order valence-electron chi connectivity index (χ4n) is 3.85. The molecule has 0 radical (unpaired) electrons. The van der Waals surface area contributed by atoms with E-state index < -0.39 is 0 Å². The second-order valence-corrected chi connectivity index (χ2v) is 7.93. The van der Waals surface area contributed by atoms with Crippen LogP contribution in [-0.4, -0.2) is 46.5 Å². The average Bonchev–Trinajstić information content (AvgIpc) is 3.05. The molecule has 25 heavy (non-hydrogen) atoms. The Labute approximate surface area is 160 Å². The minimum absolute atomic E-state index is 0.0622. The summed E-state index contributed by atoms with van der Waals surface area (Å²) in [5.74, 6) is 1.55. The molecule has 0 N–H and O–H groups in total. The highest BCUT2D eigenvalue weighted by molar-refractivity contribution is 9.10. The molecular formula is C18H18BrClN4O. The van der Waals surface area contributed by atoms with E-state index in [0.717, 1.165) is 42.8 Å². The third-order valence-corrected chi connectivity index (χ3v) is 5.77. The summed E-state index contributed by atoms with van der Waals surface area (Å²) in [5.41, 5.74) is 0.636. The smallest absolute Gasteiger partial charge is 0.255 e. The van der Waals surface area contributed by atoms with Crippen LogP contribution in [0.3, 0.4) is 0 Å². The Morgan fingerprint density at radius 3 is 2.80 bits per heavy atom. The number of hydrogen-bond acceptors (Lipinski definition) is 4. The summed E-state index contributed by atoms with van der Waals surface area (Å²) in [6.45, 7) is 2.59. The number of carbonyl (C=O) groups is 1. The molecule has 2 aromatic heterocycles. The summed E-state index contributed by atoms with van der Waals surface area (Å²) in [4.78, 5) is 25.8. The van der Waals surface area contributed by atoms with E-state index in [2.05, 4.69) is 30.8 Å². The monoisotopic (exact) mass is 420 g/mol. The van der Waals surface area contributed by atoms with E-state index in [1.807, 2.05) is 23.1 Å². The lowest BCUT2D eigenvalue weighted by molar-refractivity contribution is 0.0711. The summed E-state index contributed by atoms with van der Waals surface area (Å²) in [6, 6.07) is 5.87. The Morgan fingerprint density at radius 2 is 2.04 bits per heavy atom. The Kier molecular flexibility index (Phi) is 4.65. The van der Waals surface area contributed by atoms with Gasteiger partial charge in [0.25, 0.3) is 5.91 Å². The number of carbonyl (C=O) groups excluding carboxylic acids is 1. The van der Waals surface area contributed by atoms with Gasteiger partial charge < -0.3 is 9.80 Å². The van der Waals surface area contributed by atoms with Crippen LogP contribution in [0.4, 0.5) is 5.82 Å². The Morgan fingerprint density at radius 1 is 1.20 bits per heavy atom. The molecular weight excluding hydrogens is 404 g/mol. The maximum absolute atomic E-state index is 13.0. The summed E-state index contributed by atoms with van der Waals surface area (Å²) in [5, 5.41) is 0.637. The molecule has 1 amide bonds. The normalized spacial score (nSPS) is 22.8. The van der Waals surface area contributed by atoms with Gasteiger partial charge in [-0.15, -0.1) is 0 Å². The number of halogens is 2. The minimum atomic E-state index is 0.0622. The van der Waals surface area contributed by atoms with Crippen molar-refractivity contribution in [1.29, 1.82) is 0 Å². The van der Waals surface area contributed by atoms with Crippen LogP contribution < -0.4 is 4.90 Å². The highest BCUT2D eigenvalue weighted by Gasteiger charge is 2.41. The van der Waals surface area contributed by atoms with Gasteiger partial charge in [0.15, 0.2) is 0 Å². The predicted octanol–water partition coefficient (Wildman–Crippen LogP) is 3.63. The highest BCUT2D eigenvalue weighted by Crippen LogP contribution is 2.34. The van der Waals surface area contributed by atoms with Gasteiger partial charge in [0, 0.05) is 42.7 Å². The summed E-state index contributed by atoms with van der Waals surface area (Å²) in [6.07, 6.45) is 7.16. The molecule has 0 spiro atoms. The average molecular weight is 422 g/mol. The fraction of sp³-hybridized carbons (Fsp3) is 0.389. The zero-order chi connectivity index (χ0) is 17.4. The van der Waals surface area contributed by atoms with Crippen LogP contribution in [0.25, 0.3) is 0 Å². The molecule has 0 aliphatic carbocycles. The molecule has 0 saturated carbocycles. The van der Waals surface area contributed by atoms with Crippen LogP contribution in [0.5, 0.6) is 0 Å². The second-order valence-electron chi connectivity index (χ2n) is 6.58. The summed E-state index contributed by atoms with van der Waals surface area (Å²) in [7, 11) is 0. The van der Waals surface area contributed by atoms with E-state index in [1.54, 1.807) is 18.6 Å². The molecule has 2 aliphatic rings. The number of anilines is 1. The van der Waals surface area contributed by atoms with Gasteiger partial charge in [-0.1, -0.05) is 11.6 Å². The fourth-order valence-corrected chi connectivity index (χ4v) is 4.33. The van der Waals surface area contributed by atoms with Crippen LogP contribution >= 0.6 is 27.5 Å². The third kappa shape index (κ3) is 3.37. The van der Waals surface area contributed by atoms with Gasteiger partial charge in [-0.25, -0.2) is 4.98 Å². The SMILES string of the molecule is O=C(c1cncc(Br)c1)N1CCC2CCN(c3ccc(Cl)cn3)CC21. The largest absolute Gasteiger partial charge is 0.355 e. The van der Waals surface area contributed by atoms with Crippen LogP contribution in [0.2, 0.25) is 5.02 Å². The van der Waals surface area contributed by atoms with Crippen molar-refractivity contribution in [3.8, 4) is 0 Å². The number of amides is 1. The number of piperidine rings is 1. The molecule has 5 nitrogen and oxygen atoms in total. The van der Waals surface area contributed by atoms with E-state index in [4.69, 9.17) is 11.6 Å². The topological polar surface area (TPSA) is 49.3 Å². The number of nitrogens with zero attached hydrogens (tertiary/aromatic N) is 4. The first-order valence-corrected chi connectivity index (χ1v) is 9.57. The number of rotatable bonds is 2. The lowest BCUT2D eigenvalue weighted by Gasteiger charge is -2.39. The van der Waals surface area contributed by atoms with Crippen molar-refractivity contribution in [2.45, 2.75) is 18.9 Å². The molecule has 0 aromatic carbocycles. The minimum Gasteiger partial charge on any atom is -0.355 e. The van der Waals surface area contributed by atoms with Crippen molar-refractivity contribution in [2.75, 3.05) is 24.5 Å². The molecule has 130 valence electrons. The van der Waals surface area contributed by atoms with Crippen LogP contribution in [0, 0.1) is 5.92 Å². The van der Waals surface area contributed by atoms with Crippen LogP contribution in [0.1, 0.15) is 23.2 Å². The first kappa shape index (κ1) is 16.8. The molecule has 2 atom stereocenters. The van der Waals surface area contributed by atoms with Crippen LogP contribution in [0.15, 0.2) is 41.3 Å². The summed E-state index contributed by atoms with van der Waals surface area (Å²) < 4.78 is 0.824. The molecule has 2 unspecified atom stereocenters. The number of likely N-dealkylation sites (tertiary alicyclic amines) is 1. The van der Waals surface area contributed by atoms with Gasteiger partial charge in [0.2, 0.25) is 0 Å². The van der Waals surface area contributed by atoms with E-state index in [0.29, 0.717) is 16.5 Å². The van der Waals surface area contributed by atoms with Crippen molar-refractivity contribution >= 4 is 39.3 Å². The molecule has 7 heteroatoms. The van der Waals surface area contributed by atoms with Gasteiger partial charge in [0.1, 0.15) is 5.82 Å². The molecule has 2 fully saturated rings. The quantitative estimate of drug-likeness (QED) is 0.743. The molecule has 2 aromatic rings. The first-order valence-electron chi connectivity index (χ1n) is 8.40. The third-order valence-electron chi connectivity index (χ3n) is 5.11. The molecule has 2 aliphatic heterocycles. The second kappa shape index (κ2) is 6.92. The first-order chi connectivity index (χ1) is 12.1. The van der Waals surface area contributed by atoms with Crippen molar-refractivity contribution in [1.82, 2.24) is 14.9 Å². The molecule has 4 rings (SSSR count). The van der Waals surface area contributed by atoms with Gasteiger partial charge in [-0.05, 0) is 52.9 Å². The molecule has 0 bridgehead atoms. The number of fused-ring (bicyclic) bond motifs is 1. The van der Waals surface area contributed by atoms with E-state index in [-0.39, 0.29) is 11.9 Å². The van der Waals surface area contributed by atoms with Crippen molar-refractivity contribution in [3.05, 3.63) is 51.8 Å². The summed E-state index contributed by atoms with van der Waals surface area (Å²) >= 11 is 9.33. The Balaban J connectivity index is 1.54. The molecule has 2 saturated heterocycles. The Hall–Kier alpha value is -1.66. The Bertz CT molecular complexity index is 785. The maximum atomic E-state index is 13.0. The predicted molar refractivity (Wildman–Crippen MR) is 101 cm³/mol. The van der Waals surface area contributed by atoms with Gasteiger partial charge in [-0.2, -0.15) is 0 Å². The maximum Gasteiger partial charge on any atom is 0.255 e. The standard InChI is InChI=1S/C18H18BrClN4O/c19-14-7-13(8-21-9-14)18(25)24-6-4-12-3-5-23(11-16(12)24)17-2-1-15(20)10-22-17/h1-2,7-10,12,16H,3-6,11H2.